The molecule has 4 aliphatic carbocycles. The first-order chi connectivity index (χ1) is 37.8. The van der Waals surface area contributed by atoms with E-state index < -0.39 is 86.3 Å². The molecule has 0 amide bonds. The first-order valence-corrected chi connectivity index (χ1v) is 27.9. The molecular weight excluding hydrogens is 1150 g/mol. The molecule has 11 rings (SSSR count). The minimum Gasteiger partial charge on any atom is -0.484 e. The number of benzene rings is 1. The monoisotopic (exact) mass is 1230 g/mol. The third kappa shape index (κ3) is 10.00. The Morgan fingerprint density at radius 3 is 1.52 bits per heavy atom. The van der Waals surface area contributed by atoms with Gasteiger partial charge in [-0.1, -0.05) is 59.7 Å². The molecule has 5 aromatic rings. The summed E-state index contributed by atoms with van der Waals surface area (Å²) in [6, 6.07) is 19.0. The maximum atomic E-state index is 13.5. The Balaban J connectivity index is 0.000000197. The summed E-state index contributed by atoms with van der Waals surface area (Å²) in [6.45, 7) is 19.7. The summed E-state index contributed by atoms with van der Waals surface area (Å²) in [5, 5.41) is 35.6. The van der Waals surface area contributed by atoms with E-state index >= 15 is 0 Å². The summed E-state index contributed by atoms with van der Waals surface area (Å²) in [7, 11) is 0. The molecule has 434 valence electrons. The van der Waals surface area contributed by atoms with E-state index in [0.29, 0.717) is 29.5 Å². The number of carbonyl (C=O) groups is 3. The molecule has 0 saturated heterocycles. The van der Waals surface area contributed by atoms with Crippen molar-refractivity contribution in [1.82, 2.24) is 9.97 Å². The molecule has 6 heterocycles. The third-order valence-corrected chi connectivity index (χ3v) is 20.6. The SMILES string of the molecule is CC(=O)OC[C@@]1(C)C2C[C@H](O)[C@@]3(C)Oc4cc(-c5cccnc5)oc(=O)c4[C@H](O)C3[C@@]2(C)CC[C@@H]1C.CC(=O)OC[C@]1(C)C2C[C@H](OC(=O)c3ccccc3)[C@@]3(C)Oc4cc(-c5cccnc5)oc(=O)c4[C@H](O)C3[C@@]2(C)CC[C@@H]1C.I. The lowest BCUT2D eigenvalue weighted by atomic mass is 9.41. The molecule has 81 heavy (non-hydrogen) atoms. The van der Waals surface area contributed by atoms with Crippen LogP contribution in [0.5, 0.6) is 11.5 Å². The van der Waals surface area contributed by atoms with Crippen LogP contribution in [0.1, 0.15) is 141 Å². The van der Waals surface area contributed by atoms with Gasteiger partial charge in [0.1, 0.15) is 51.5 Å². The van der Waals surface area contributed by atoms with Crippen LogP contribution >= 0.6 is 24.0 Å². The minimum absolute atomic E-state index is 0. The number of ether oxygens (including phenoxy) is 5. The second kappa shape index (κ2) is 22.0. The van der Waals surface area contributed by atoms with Crippen LogP contribution in [-0.4, -0.2) is 79.8 Å². The fourth-order valence-electron chi connectivity index (χ4n) is 16.0. The summed E-state index contributed by atoms with van der Waals surface area (Å²) in [5.74, 6) is -1.25. The zero-order chi connectivity index (χ0) is 57.5. The third-order valence-electron chi connectivity index (χ3n) is 20.6. The molecule has 4 saturated carbocycles. The Labute approximate surface area is 488 Å². The predicted molar refractivity (Wildman–Crippen MR) is 307 cm³/mol. The summed E-state index contributed by atoms with van der Waals surface area (Å²) in [4.78, 5) is 72.2. The molecule has 4 fully saturated rings. The fraction of sp³-hybridized carbons (Fsp3) is 0.540. The highest BCUT2D eigenvalue weighted by Crippen LogP contribution is 2.70. The number of halogens is 1. The highest BCUT2D eigenvalue weighted by Gasteiger charge is 2.71. The Bertz CT molecular complexity index is 3290. The number of hydrogen-bond donors (Lipinski definition) is 3. The average Bonchev–Trinajstić information content (AvgIpc) is 3.48. The van der Waals surface area contributed by atoms with Crippen LogP contribution in [0, 0.1) is 57.2 Å². The van der Waals surface area contributed by atoms with Crippen molar-refractivity contribution in [2.75, 3.05) is 13.2 Å². The first-order valence-electron chi connectivity index (χ1n) is 27.9. The topological polar surface area (TPSA) is 244 Å². The fourth-order valence-corrected chi connectivity index (χ4v) is 16.0. The highest BCUT2D eigenvalue weighted by molar-refractivity contribution is 14.0. The first kappa shape index (κ1) is 59.7. The van der Waals surface area contributed by atoms with Crippen LogP contribution in [0.3, 0.4) is 0 Å². The normalized spacial score (nSPS) is 35.9. The van der Waals surface area contributed by atoms with Crippen LogP contribution in [0.2, 0.25) is 0 Å². The number of nitrogens with zero attached hydrogens (tertiary/aromatic N) is 2. The Morgan fingerprint density at radius 2 is 1.07 bits per heavy atom. The number of esters is 3. The van der Waals surface area contributed by atoms with Gasteiger partial charge in [0.25, 0.3) is 0 Å². The number of fused-ring (bicyclic) bond motifs is 8. The molecule has 2 aliphatic heterocycles. The van der Waals surface area contributed by atoms with E-state index in [1.54, 1.807) is 85.5 Å². The van der Waals surface area contributed by atoms with Gasteiger partial charge < -0.3 is 47.8 Å². The van der Waals surface area contributed by atoms with E-state index in [1.807, 2.05) is 19.9 Å². The van der Waals surface area contributed by atoms with Crippen molar-refractivity contribution in [1.29, 1.82) is 0 Å². The van der Waals surface area contributed by atoms with Crippen molar-refractivity contribution >= 4 is 41.9 Å². The second-order valence-electron chi connectivity index (χ2n) is 25.1. The van der Waals surface area contributed by atoms with Gasteiger partial charge in [-0.2, -0.15) is 0 Å². The van der Waals surface area contributed by atoms with Crippen molar-refractivity contribution in [2.45, 2.75) is 143 Å². The van der Waals surface area contributed by atoms with Crippen molar-refractivity contribution in [2.24, 2.45) is 57.2 Å². The van der Waals surface area contributed by atoms with Gasteiger partial charge in [0.2, 0.25) is 0 Å². The quantitative estimate of drug-likeness (QED) is 0.0743. The maximum Gasteiger partial charge on any atom is 0.345 e. The Hall–Kier alpha value is -5.96. The summed E-state index contributed by atoms with van der Waals surface area (Å²) >= 11 is 0. The van der Waals surface area contributed by atoms with Crippen LogP contribution in [-0.2, 0) is 23.8 Å². The van der Waals surface area contributed by atoms with Gasteiger partial charge in [0.05, 0.1) is 37.1 Å². The minimum atomic E-state index is -1.26. The van der Waals surface area contributed by atoms with E-state index in [9.17, 15) is 39.3 Å². The largest absolute Gasteiger partial charge is 0.484 e. The predicted octanol–water partition coefficient (Wildman–Crippen LogP) is 10.3. The number of carbonyl (C=O) groups excluding carboxylic acids is 3. The number of aliphatic hydroxyl groups excluding tert-OH is 3. The highest BCUT2D eigenvalue weighted by atomic mass is 127. The molecule has 0 radical (unpaired) electrons. The maximum absolute atomic E-state index is 13.5. The Morgan fingerprint density at radius 1 is 0.630 bits per heavy atom. The molecule has 17 nitrogen and oxygen atoms in total. The molecule has 6 aliphatic rings. The average molecular weight is 1230 g/mol. The molecule has 4 aromatic heterocycles. The number of aliphatic hydroxyl groups is 3. The van der Waals surface area contributed by atoms with E-state index in [4.69, 9.17) is 32.5 Å². The van der Waals surface area contributed by atoms with E-state index in [1.165, 1.54) is 13.8 Å². The van der Waals surface area contributed by atoms with E-state index in [-0.39, 0.29) is 107 Å². The molecule has 1 aromatic carbocycles. The van der Waals surface area contributed by atoms with Crippen LogP contribution < -0.4 is 20.7 Å². The molecule has 0 spiro atoms. The van der Waals surface area contributed by atoms with Crippen molar-refractivity contribution in [3.63, 3.8) is 0 Å². The van der Waals surface area contributed by atoms with Gasteiger partial charge in [0, 0.05) is 84.6 Å². The van der Waals surface area contributed by atoms with Crippen LogP contribution in [0.4, 0.5) is 0 Å². The van der Waals surface area contributed by atoms with Gasteiger partial charge in [-0.05, 0) is 123 Å². The van der Waals surface area contributed by atoms with E-state index in [0.717, 1.165) is 25.7 Å². The van der Waals surface area contributed by atoms with Gasteiger partial charge >= 0.3 is 29.2 Å². The van der Waals surface area contributed by atoms with Crippen LogP contribution in [0.25, 0.3) is 22.6 Å². The standard InChI is InChI=1S/C35H39NO8.C28H35NO7.HI/c1-20-13-14-33(3)26(34(20,4)19-41-21(2)37)17-27(43-31(39)22-10-7-6-8-11-22)35(5)30(33)29(38)28-25(44-35)16-24(42-32(28)40)23-12-9-15-36-18-23;1-15-8-9-26(3)20(27(15,4)14-34-16(2)30)12-21(31)28(5)24(26)23(32)22-19(36-28)11-18(35-25(22)33)17-7-6-10-29-13-17;/h6-12,15-16,18,20,26-27,29-30,38H,13-14,17,19H2,1-5H3;6-7,10-11,13,15,20-21,23-24,31-32H,8-9,12,14H2,1-5H3;1H/t20-,26?,27-,29-,30?,33-,34-,35+;15-,20?,21-,23-,24?,26-,27+,28+;/m00./s1. The lowest BCUT2D eigenvalue weighted by molar-refractivity contribution is -0.257. The summed E-state index contributed by atoms with van der Waals surface area (Å²) in [6.07, 6.45) is 6.33. The second-order valence-corrected chi connectivity index (χ2v) is 25.1. The van der Waals surface area contributed by atoms with E-state index in [2.05, 4.69) is 51.5 Å². The molecule has 16 atom stereocenters. The van der Waals surface area contributed by atoms with Crippen molar-refractivity contribution in [3.8, 4) is 34.1 Å². The van der Waals surface area contributed by atoms with Gasteiger partial charge in [-0.25, -0.2) is 14.4 Å². The zero-order valence-electron chi connectivity index (χ0n) is 47.6. The summed E-state index contributed by atoms with van der Waals surface area (Å²) in [5.41, 5.74) is -3.90. The molecule has 18 heteroatoms. The lowest BCUT2D eigenvalue weighted by Crippen LogP contribution is -2.70. The molecular formula is C63H75IN2O15. The smallest absolute Gasteiger partial charge is 0.345 e. The number of pyridine rings is 2. The molecule has 0 bridgehead atoms. The van der Waals surface area contributed by atoms with Crippen molar-refractivity contribution < 1.29 is 62.2 Å². The number of rotatable bonds is 8. The summed E-state index contributed by atoms with van der Waals surface area (Å²) < 4.78 is 42.1. The number of hydrogen-bond acceptors (Lipinski definition) is 17. The van der Waals surface area contributed by atoms with Gasteiger partial charge in [0.15, 0.2) is 0 Å². The molecule has 3 N–H and O–H groups in total. The van der Waals surface area contributed by atoms with Crippen molar-refractivity contribution in [3.05, 3.63) is 129 Å². The lowest BCUT2D eigenvalue weighted by Gasteiger charge is -2.66. The Kier molecular flexibility index (Phi) is 16.2. The zero-order valence-corrected chi connectivity index (χ0v) is 50.0. The van der Waals surface area contributed by atoms with Crippen LogP contribution in [0.15, 0.2) is 110 Å². The van der Waals surface area contributed by atoms with Gasteiger partial charge in [-0.3, -0.25) is 19.6 Å². The molecule has 4 unspecified atom stereocenters. The number of aromatic nitrogens is 2. The van der Waals surface area contributed by atoms with Gasteiger partial charge in [-0.15, -0.1) is 24.0 Å².